The molecule has 0 aromatic rings. The molecule has 0 radical (unpaired) electrons. The van der Waals surface area contributed by atoms with E-state index in [-0.39, 0.29) is 29.8 Å². The fraction of sp³-hybridized carbons (Fsp3) is 0.647. The van der Waals surface area contributed by atoms with Gasteiger partial charge in [0.2, 0.25) is 0 Å². The SMILES string of the molecule is O=C(OCC1CO1)C1=C(C(=O)N2CCCCC2)C2C=CC1C2. The zero-order valence-electron chi connectivity index (χ0n) is 12.6. The average molecular weight is 303 g/mol. The minimum Gasteiger partial charge on any atom is -0.459 e. The minimum absolute atomic E-state index is 0.0474. The number of likely N-dealkylation sites (tertiary alicyclic amines) is 1. The molecule has 4 rings (SSSR count). The van der Waals surface area contributed by atoms with Gasteiger partial charge >= 0.3 is 5.97 Å². The van der Waals surface area contributed by atoms with Gasteiger partial charge < -0.3 is 14.4 Å². The predicted molar refractivity (Wildman–Crippen MR) is 78.9 cm³/mol. The quantitative estimate of drug-likeness (QED) is 0.448. The molecular weight excluding hydrogens is 282 g/mol. The Labute approximate surface area is 129 Å². The van der Waals surface area contributed by atoms with Gasteiger partial charge in [-0.15, -0.1) is 0 Å². The molecule has 0 N–H and O–H groups in total. The van der Waals surface area contributed by atoms with E-state index in [9.17, 15) is 9.59 Å². The third-order valence-corrected chi connectivity index (χ3v) is 5.01. The van der Waals surface area contributed by atoms with Crippen LogP contribution in [0.3, 0.4) is 0 Å². The summed E-state index contributed by atoms with van der Waals surface area (Å²) in [6, 6.07) is 0. The summed E-state index contributed by atoms with van der Waals surface area (Å²) in [6.45, 7) is 2.58. The molecule has 5 heteroatoms. The lowest BCUT2D eigenvalue weighted by Crippen LogP contribution is -2.38. The molecule has 0 saturated carbocycles. The predicted octanol–water partition coefficient (Wildman–Crippen LogP) is 1.44. The van der Waals surface area contributed by atoms with Gasteiger partial charge in [-0.25, -0.2) is 4.79 Å². The van der Waals surface area contributed by atoms with Crippen LogP contribution in [0.2, 0.25) is 0 Å². The maximum atomic E-state index is 12.9. The lowest BCUT2D eigenvalue weighted by atomic mass is 9.95. The van der Waals surface area contributed by atoms with Crippen LogP contribution < -0.4 is 0 Å². The van der Waals surface area contributed by atoms with E-state index in [1.807, 2.05) is 11.0 Å². The third kappa shape index (κ3) is 2.47. The topological polar surface area (TPSA) is 59.1 Å². The van der Waals surface area contributed by atoms with Crippen molar-refractivity contribution in [1.82, 2.24) is 4.90 Å². The Balaban J connectivity index is 1.54. The molecule has 2 aliphatic heterocycles. The molecule has 5 nitrogen and oxygen atoms in total. The number of hydrogen-bond acceptors (Lipinski definition) is 4. The lowest BCUT2D eigenvalue weighted by molar-refractivity contribution is -0.140. The van der Waals surface area contributed by atoms with Crippen LogP contribution in [-0.2, 0) is 19.1 Å². The molecule has 1 amide bonds. The van der Waals surface area contributed by atoms with Crippen molar-refractivity contribution in [3.8, 4) is 0 Å². The van der Waals surface area contributed by atoms with Crippen LogP contribution in [0.15, 0.2) is 23.3 Å². The van der Waals surface area contributed by atoms with Gasteiger partial charge in [0.25, 0.3) is 5.91 Å². The van der Waals surface area contributed by atoms with Crippen molar-refractivity contribution in [2.45, 2.75) is 31.8 Å². The molecule has 22 heavy (non-hydrogen) atoms. The van der Waals surface area contributed by atoms with Gasteiger partial charge in [-0.2, -0.15) is 0 Å². The van der Waals surface area contributed by atoms with E-state index in [4.69, 9.17) is 9.47 Å². The zero-order chi connectivity index (χ0) is 15.1. The first-order valence-electron chi connectivity index (χ1n) is 8.24. The van der Waals surface area contributed by atoms with Crippen molar-refractivity contribution in [3.63, 3.8) is 0 Å². The molecular formula is C17H21NO4. The minimum atomic E-state index is -0.326. The summed E-state index contributed by atoms with van der Waals surface area (Å²) in [5.41, 5.74) is 1.29. The van der Waals surface area contributed by atoms with Crippen LogP contribution in [0.4, 0.5) is 0 Å². The first kappa shape index (κ1) is 14.0. The van der Waals surface area contributed by atoms with Crippen molar-refractivity contribution in [3.05, 3.63) is 23.3 Å². The summed E-state index contributed by atoms with van der Waals surface area (Å²) in [5.74, 6) is -0.126. The molecule has 2 saturated heterocycles. The average Bonchev–Trinajstić information content (AvgIpc) is 3.17. The Kier molecular flexibility index (Phi) is 3.53. The van der Waals surface area contributed by atoms with Crippen LogP contribution in [-0.4, -0.2) is 49.2 Å². The first-order valence-corrected chi connectivity index (χ1v) is 8.24. The van der Waals surface area contributed by atoms with Crippen LogP contribution in [0.25, 0.3) is 0 Å². The Hall–Kier alpha value is -1.62. The number of nitrogens with zero attached hydrogens (tertiary/aromatic N) is 1. The normalized spacial score (nSPS) is 32.5. The third-order valence-electron chi connectivity index (χ3n) is 5.01. The van der Waals surface area contributed by atoms with Gasteiger partial charge in [-0.3, -0.25) is 4.79 Å². The Morgan fingerprint density at radius 2 is 1.82 bits per heavy atom. The smallest absolute Gasteiger partial charge is 0.335 e. The molecule has 2 fully saturated rings. The van der Waals surface area contributed by atoms with E-state index in [0.717, 1.165) is 32.4 Å². The molecule has 0 spiro atoms. The highest BCUT2D eigenvalue weighted by molar-refractivity contribution is 6.05. The number of piperidine rings is 1. The number of ether oxygens (including phenoxy) is 2. The summed E-state index contributed by atoms with van der Waals surface area (Å²) in [5, 5.41) is 0. The second kappa shape index (κ2) is 5.54. The number of rotatable bonds is 4. The number of epoxide rings is 1. The highest BCUT2D eigenvalue weighted by Crippen LogP contribution is 2.45. The van der Waals surface area contributed by atoms with Gasteiger partial charge in [0.15, 0.2) is 0 Å². The highest BCUT2D eigenvalue weighted by Gasteiger charge is 2.43. The van der Waals surface area contributed by atoms with Crippen LogP contribution in [0.5, 0.6) is 0 Å². The standard InChI is InChI=1S/C17H21NO4/c19-16(18-6-2-1-3-7-18)14-11-4-5-12(8-11)15(14)17(20)22-10-13-9-21-13/h4-5,11-13H,1-3,6-10H2. The zero-order valence-corrected chi connectivity index (χ0v) is 12.6. The first-order chi connectivity index (χ1) is 10.7. The molecule has 3 unspecified atom stereocenters. The molecule has 4 aliphatic rings. The number of allylic oxidation sites excluding steroid dienone is 2. The van der Waals surface area contributed by atoms with Crippen LogP contribution >= 0.6 is 0 Å². The van der Waals surface area contributed by atoms with Crippen molar-refractivity contribution in [1.29, 1.82) is 0 Å². The van der Waals surface area contributed by atoms with E-state index >= 15 is 0 Å². The molecule has 0 aromatic carbocycles. The van der Waals surface area contributed by atoms with E-state index in [0.29, 0.717) is 24.4 Å². The number of carbonyl (C=O) groups is 2. The Bertz CT molecular complexity index is 555. The van der Waals surface area contributed by atoms with Gasteiger partial charge in [0.05, 0.1) is 12.2 Å². The maximum Gasteiger partial charge on any atom is 0.335 e. The fourth-order valence-corrected chi connectivity index (χ4v) is 3.74. The number of carbonyl (C=O) groups excluding carboxylic acids is 2. The van der Waals surface area contributed by atoms with Gasteiger partial charge in [0.1, 0.15) is 12.7 Å². The Morgan fingerprint density at radius 3 is 2.50 bits per heavy atom. The molecule has 3 atom stereocenters. The van der Waals surface area contributed by atoms with E-state index in [2.05, 4.69) is 6.08 Å². The van der Waals surface area contributed by atoms with E-state index in [1.165, 1.54) is 6.42 Å². The fourth-order valence-electron chi connectivity index (χ4n) is 3.74. The van der Waals surface area contributed by atoms with Crippen molar-refractivity contribution >= 4 is 11.9 Å². The summed E-state index contributed by atoms with van der Waals surface area (Å²) >= 11 is 0. The monoisotopic (exact) mass is 303 g/mol. The maximum absolute atomic E-state index is 12.9. The summed E-state index contributed by atoms with van der Waals surface area (Å²) < 4.78 is 10.4. The summed E-state index contributed by atoms with van der Waals surface area (Å²) in [7, 11) is 0. The molecule has 2 bridgehead atoms. The van der Waals surface area contributed by atoms with Crippen molar-refractivity contribution in [2.75, 3.05) is 26.3 Å². The lowest BCUT2D eigenvalue weighted by Gasteiger charge is -2.29. The Morgan fingerprint density at radius 1 is 1.14 bits per heavy atom. The second-order valence-electron chi connectivity index (χ2n) is 6.57. The largest absolute Gasteiger partial charge is 0.459 e. The molecule has 2 aliphatic carbocycles. The van der Waals surface area contributed by atoms with Crippen LogP contribution in [0, 0.1) is 11.8 Å². The molecule has 0 aromatic heterocycles. The van der Waals surface area contributed by atoms with Crippen molar-refractivity contribution < 1.29 is 19.1 Å². The number of esters is 1. The van der Waals surface area contributed by atoms with E-state index in [1.54, 1.807) is 0 Å². The second-order valence-corrected chi connectivity index (χ2v) is 6.57. The van der Waals surface area contributed by atoms with Gasteiger partial charge in [-0.05, 0) is 25.7 Å². The van der Waals surface area contributed by atoms with E-state index < -0.39 is 0 Å². The number of amides is 1. The van der Waals surface area contributed by atoms with Crippen LogP contribution in [0.1, 0.15) is 25.7 Å². The van der Waals surface area contributed by atoms with Crippen molar-refractivity contribution in [2.24, 2.45) is 11.8 Å². The highest BCUT2D eigenvalue weighted by atomic mass is 16.6. The summed E-state index contributed by atoms with van der Waals surface area (Å²) in [6.07, 6.45) is 8.32. The molecule has 118 valence electrons. The number of fused-ring (bicyclic) bond motifs is 2. The number of hydrogen-bond donors (Lipinski definition) is 0. The van der Waals surface area contributed by atoms with Gasteiger partial charge in [0, 0.05) is 30.5 Å². The summed E-state index contributed by atoms with van der Waals surface area (Å²) in [4.78, 5) is 27.2. The molecule has 2 heterocycles. The van der Waals surface area contributed by atoms with Gasteiger partial charge in [-0.1, -0.05) is 12.2 Å².